The zero-order valence-electron chi connectivity index (χ0n) is 9.12. The van der Waals surface area contributed by atoms with E-state index in [9.17, 15) is 0 Å². The lowest BCUT2D eigenvalue weighted by atomic mass is 10.1. The molecule has 0 aliphatic heterocycles. The van der Waals surface area contributed by atoms with E-state index >= 15 is 0 Å². The van der Waals surface area contributed by atoms with Crippen molar-refractivity contribution in [1.82, 2.24) is 4.98 Å². The van der Waals surface area contributed by atoms with Crippen molar-refractivity contribution in [2.24, 2.45) is 0 Å². The first-order chi connectivity index (χ1) is 8.22. The Hall–Kier alpha value is -0.570. The summed E-state index contributed by atoms with van der Waals surface area (Å²) in [7, 11) is 0. The van der Waals surface area contributed by atoms with Crippen LogP contribution in [0.15, 0.2) is 23.6 Å². The smallest absolute Gasteiger partial charge is 0.0972 e. The fraction of sp³-hybridized carbons (Fsp3) is 0.308. The standard InChI is InChI=1S/C13H11Cl2NS/c14-10-4-3-9(11(15)6-10)5-13-16-12(7-17-13)8-1-2-8/h3-4,6-8H,1-2,5H2. The highest BCUT2D eigenvalue weighted by Gasteiger charge is 2.25. The quantitative estimate of drug-likeness (QED) is 0.779. The summed E-state index contributed by atoms with van der Waals surface area (Å²) in [6.07, 6.45) is 3.39. The van der Waals surface area contributed by atoms with E-state index in [2.05, 4.69) is 10.4 Å². The SMILES string of the molecule is Clc1ccc(Cc2nc(C3CC3)cs2)c(Cl)c1. The van der Waals surface area contributed by atoms with E-state index in [1.807, 2.05) is 12.1 Å². The highest BCUT2D eigenvalue weighted by Crippen LogP contribution is 2.40. The molecule has 1 saturated carbocycles. The second-order valence-electron chi connectivity index (χ2n) is 4.35. The molecule has 0 bridgehead atoms. The number of hydrogen-bond donors (Lipinski definition) is 0. The molecule has 0 radical (unpaired) electrons. The van der Waals surface area contributed by atoms with Gasteiger partial charge in [-0.3, -0.25) is 0 Å². The molecule has 0 spiro atoms. The van der Waals surface area contributed by atoms with Crippen LogP contribution in [0.1, 0.15) is 35.0 Å². The number of nitrogens with zero attached hydrogens (tertiary/aromatic N) is 1. The summed E-state index contributed by atoms with van der Waals surface area (Å²) in [5.74, 6) is 0.723. The van der Waals surface area contributed by atoms with Crippen LogP contribution in [-0.2, 0) is 6.42 Å². The number of aromatic nitrogens is 1. The molecule has 1 aliphatic carbocycles. The lowest BCUT2D eigenvalue weighted by Gasteiger charge is -2.02. The topological polar surface area (TPSA) is 12.9 Å². The normalized spacial score (nSPS) is 15.2. The van der Waals surface area contributed by atoms with Crippen LogP contribution in [-0.4, -0.2) is 4.98 Å². The number of thiazole rings is 1. The highest BCUT2D eigenvalue weighted by atomic mass is 35.5. The molecule has 0 unspecified atom stereocenters. The fourth-order valence-corrected chi connectivity index (χ4v) is 3.18. The molecule has 2 aromatic rings. The van der Waals surface area contributed by atoms with E-state index in [0.29, 0.717) is 5.02 Å². The Morgan fingerprint density at radius 3 is 2.82 bits per heavy atom. The Bertz CT molecular complexity index is 546. The number of benzene rings is 1. The molecule has 1 aromatic heterocycles. The van der Waals surface area contributed by atoms with Gasteiger partial charge in [0.25, 0.3) is 0 Å². The molecule has 17 heavy (non-hydrogen) atoms. The average molecular weight is 284 g/mol. The van der Waals surface area contributed by atoms with Crippen LogP contribution < -0.4 is 0 Å². The maximum atomic E-state index is 6.15. The Morgan fingerprint density at radius 1 is 1.29 bits per heavy atom. The first-order valence-corrected chi connectivity index (χ1v) is 7.24. The van der Waals surface area contributed by atoms with Gasteiger partial charge in [0.2, 0.25) is 0 Å². The average Bonchev–Trinajstić information content (AvgIpc) is 3.04. The van der Waals surface area contributed by atoms with Gasteiger partial charge in [0.1, 0.15) is 0 Å². The van der Waals surface area contributed by atoms with Crippen LogP contribution in [0.25, 0.3) is 0 Å². The van der Waals surface area contributed by atoms with Gasteiger partial charge in [0, 0.05) is 27.8 Å². The molecular weight excluding hydrogens is 273 g/mol. The predicted octanol–water partition coefficient (Wildman–Crippen LogP) is 4.92. The number of halogens is 2. The molecule has 1 aliphatic rings. The number of hydrogen-bond acceptors (Lipinski definition) is 2. The van der Waals surface area contributed by atoms with Crippen LogP contribution in [0.3, 0.4) is 0 Å². The van der Waals surface area contributed by atoms with E-state index in [0.717, 1.165) is 27.9 Å². The van der Waals surface area contributed by atoms with Gasteiger partial charge in [-0.15, -0.1) is 11.3 Å². The van der Waals surface area contributed by atoms with Crippen molar-refractivity contribution < 1.29 is 0 Å². The van der Waals surface area contributed by atoms with Crippen LogP contribution in [0.4, 0.5) is 0 Å². The van der Waals surface area contributed by atoms with Crippen molar-refractivity contribution in [3.63, 3.8) is 0 Å². The molecule has 0 atom stereocenters. The summed E-state index contributed by atoms with van der Waals surface area (Å²) in [6, 6.07) is 5.63. The van der Waals surface area contributed by atoms with Crippen molar-refractivity contribution in [3.8, 4) is 0 Å². The van der Waals surface area contributed by atoms with E-state index in [4.69, 9.17) is 23.2 Å². The van der Waals surface area contributed by atoms with Gasteiger partial charge in [0.15, 0.2) is 0 Å². The molecule has 88 valence electrons. The Kier molecular flexibility index (Phi) is 3.12. The molecule has 1 fully saturated rings. The Labute approximate surface area is 114 Å². The fourth-order valence-electron chi connectivity index (χ4n) is 1.80. The molecule has 0 amide bonds. The van der Waals surface area contributed by atoms with E-state index in [-0.39, 0.29) is 0 Å². The summed E-state index contributed by atoms with van der Waals surface area (Å²) in [5, 5.41) is 4.71. The van der Waals surface area contributed by atoms with Gasteiger partial charge in [-0.2, -0.15) is 0 Å². The second kappa shape index (κ2) is 4.60. The van der Waals surface area contributed by atoms with Gasteiger partial charge in [-0.25, -0.2) is 4.98 Å². The largest absolute Gasteiger partial charge is 0.246 e. The molecule has 3 rings (SSSR count). The van der Waals surface area contributed by atoms with Gasteiger partial charge in [-0.05, 0) is 30.5 Å². The van der Waals surface area contributed by atoms with E-state index < -0.39 is 0 Å². The lowest BCUT2D eigenvalue weighted by Crippen LogP contribution is -1.89. The summed E-state index contributed by atoms with van der Waals surface area (Å²) < 4.78 is 0. The Balaban J connectivity index is 1.80. The zero-order chi connectivity index (χ0) is 11.8. The van der Waals surface area contributed by atoms with Crippen LogP contribution in [0.5, 0.6) is 0 Å². The first kappa shape index (κ1) is 11.5. The summed E-state index contributed by atoms with van der Waals surface area (Å²) in [5.41, 5.74) is 2.35. The molecule has 4 heteroatoms. The van der Waals surface area contributed by atoms with Crippen molar-refractivity contribution in [2.45, 2.75) is 25.2 Å². The minimum absolute atomic E-state index is 0.677. The van der Waals surface area contributed by atoms with Crippen molar-refractivity contribution in [2.75, 3.05) is 0 Å². The van der Waals surface area contributed by atoms with Gasteiger partial charge in [-0.1, -0.05) is 29.3 Å². The molecule has 0 N–H and O–H groups in total. The summed E-state index contributed by atoms with van der Waals surface area (Å²) >= 11 is 13.8. The summed E-state index contributed by atoms with van der Waals surface area (Å²) in [6.45, 7) is 0. The van der Waals surface area contributed by atoms with Crippen LogP contribution >= 0.6 is 34.5 Å². The third kappa shape index (κ3) is 2.65. The third-order valence-corrected chi connectivity index (χ3v) is 4.38. The first-order valence-electron chi connectivity index (χ1n) is 5.60. The molecular formula is C13H11Cl2NS. The van der Waals surface area contributed by atoms with Gasteiger partial charge < -0.3 is 0 Å². The van der Waals surface area contributed by atoms with Crippen LogP contribution in [0.2, 0.25) is 10.0 Å². The Morgan fingerprint density at radius 2 is 2.12 bits per heavy atom. The predicted molar refractivity (Wildman–Crippen MR) is 73.4 cm³/mol. The van der Waals surface area contributed by atoms with Crippen molar-refractivity contribution in [1.29, 1.82) is 0 Å². The number of rotatable bonds is 3. The third-order valence-electron chi connectivity index (χ3n) is 2.92. The minimum atomic E-state index is 0.677. The van der Waals surface area contributed by atoms with E-state index in [1.54, 1.807) is 17.4 Å². The zero-order valence-corrected chi connectivity index (χ0v) is 11.4. The molecule has 1 nitrogen and oxygen atoms in total. The van der Waals surface area contributed by atoms with Gasteiger partial charge in [0.05, 0.1) is 10.7 Å². The lowest BCUT2D eigenvalue weighted by molar-refractivity contribution is 1.01. The van der Waals surface area contributed by atoms with E-state index in [1.165, 1.54) is 18.5 Å². The second-order valence-corrected chi connectivity index (χ2v) is 6.14. The molecule has 1 heterocycles. The molecule has 0 saturated heterocycles. The maximum absolute atomic E-state index is 6.15. The van der Waals surface area contributed by atoms with Crippen molar-refractivity contribution in [3.05, 3.63) is 49.9 Å². The highest BCUT2D eigenvalue weighted by molar-refractivity contribution is 7.09. The summed E-state index contributed by atoms with van der Waals surface area (Å²) in [4.78, 5) is 4.66. The van der Waals surface area contributed by atoms with Crippen LogP contribution in [0, 0.1) is 0 Å². The molecule has 1 aromatic carbocycles. The van der Waals surface area contributed by atoms with Gasteiger partial charge >= 0.3 is 0 Å². The monoisotopic (exact) mass is 283 g/mol. The minimum Gasteiger partial charge on any atom is -0.246 e. The maximum Gasteiger partial charge on any atom is 0.0972 e. The van der Waals surface area contributed by atoms with Crippen molar-refractivity contribution >= 4 is 34.5 Å².